The van der Waals surface area contributed by atoms with Crippen molar-refractivity contribution < 1.29 is 9.21 Å². The quantitative estimate of drug-likeness (QED) is 0.750. The van der Waals surface area contributed by atoms with Gasteiger partial charge in [0.25, 0.3) is 0 Å². The molecule has 0 unspecified atom stereocenters. The van der Waals surface area contributed by atoms with Crippen LogP contribution in [0.1, 0.15) is 0 Å². The summed E-state index contributed by atoms with van der Waals surface area (Å²) in [5.74, 6) is 0.791. The number of carbonyl (C=O) groups excluding carboxylic acids is 1. The van der Waals surface area contributed by atoms with Gasteiger partial charge in [0.2, 0.25) is 6.41 Å². The number of carbonyl (C=O) groups is 1. The third-order valence-corrected chi connectivity index (χ3v) is 1.89. The minimum atomic E-state index is 0.654. The number of rotatable bonds is 3. The van der Waals surface area contributed by atoms with Crippen molar-refractivity contribution in [2.24, 2.45) is 0 Å². The van der Waals surface area contributed by atoms with Gasteiger partial charge in [0.05, 0.1) is 6.26 Å². The summed E-state index contributed by atoms with van der Waals surface area (Å²) in [6.07, 6.45) is 2.27. The van der Waals surface area contributed by atoms with E-state index in [0.717, 1.165) is 17.0 Å². The zero-order valence-electron chi connectivity index (χ0n) is 7.44. The minimum Gasteiger partial charge on any atom is -0.464 e. The van der Waals surface area contributed by atoms with Gasteiger partial charge >= 0.3 is 0 Å². The summed E-state index contributed by atoms with van der Waals surface area (Å²) in [4.78, 5) is 10.2. The molecule has 0 aliphatic rings. The van der Waals surface area contributed by atoms with Crippen LogP contribution in [-0.2, 0) is 4.79 Å². The van der Waals surface area contributed by atoms with Crippen molar-refractivity contribution >= 4 is 12.1 Å². The fraction of sp³-hybridized carbons (Fsp3) is 0. The Morgan fingerprint density at radius 2 is 2.14 bits per heavy atom. The Labute approximate surface area is 81.4 Å². The highest BCUT2D eigenvalue weighted by atomic mass is 16.3. The SMILES string of the molecule is O=CNc1cccc(-c2ccco2)c1. The van der Waals surface area contributed by atoms with Crippen LogP contribution in [0.15, 0.2) is 47.1 Å². The molecule has 0 atom stereocenters. The number of benzene rings is 1. The maximum atomic E-state index is 10.2. The van der Waals surface area contributed by atoms with Crippen LogP contribution in [-0.4, -0.2) is 6.41 Å². The largest absolute Gasteiger partial charge is 0.464 e. The Morgan fingerprint density at radius 3 is 2.86 bits per heavy atom. The topological polar surface area (TPSA) is 42.2 Å². The zero-order chi connectivity index (χ0) is 9.80. The highest BCUT2D eigenvalue weighted by Gasteiger charge is 2.00. The molecule has 14 heavy (non-hydrogen) atoms. The van der Waals surface area contributed by atoms with E-state index in [4.69, 9.17) is 4.42 Å². The fourth-order valence-electron chi connectivity index (χ4n) is 1.27. The average molecular weight is 187 g/mol. The van der Waals surface area contributed by atoms with Crippen molar-refractivity contribution in [3.8, 4) is 11.3 Å². The molecular weight excluding hydrogens is 178 g/mol. The first-order valence-electron chi connectivity index (χ1n) is 4.24. The van der Waals surface area contributed by atoms with Crippen molar-refractivity contribution in [1.29, 1.82) is 0 Å². The molecule has 70 valence electrons. The molecule has 1 amide bonds. The second-order valence-corrected chi connectivity index (χ2v) is 2.82. The monoisotopic (exact) mass is 187 g/mol. The highest BCUT2D eigenvalue weighted by molar-refractivity contribution is 5.74. The zero-order valence-corrected chi connectivity index (χ0v) is 7.44. The summed E-state index contributed by atoms with van der Waals surface area (Å²) in [5.41, 5.74) is 1.70. The van der Waals surface area contributed by atoms with Crippen molar-refractivity contribution in [3.63, 3.8) is 0 Å². The molecule has 0 saturated carbocycles. The molecule has 1 N–H and O–H groups in total. The third-order valence-electron chi connectivity index (χ3n) is 1.89. The number of hydrogen-bond donors (Lipinski definition) is 1. The van der Waals surface area contributed by atoms with E-state index in [1.54, 1.807) is 6.26 Å². The van der Waals surface area contributed by atoms with E-state index in [9.17, 15) is 4.79 Å². The van der Waals surface area contributed by atoms with E-state index in [1.807, 2.05) is 36.4 Å². The Bertz CT molecular complexity index is 421. The van der Waals surface area contributed by atoms with E-state index in [2.05, 4.69) is 5.32 Å². The van der Waals surface area contributed by atoms with Crippen LogP contribution in [0, 0.1) is 0 Å². The number of anilines is 1. The molecule has 0 spiro atoms. The molecule has 3 nitrogen and oxygen atoms in total. The molecule has 2 aromatic rings. The van der Waals surface area contributed by atoms with Crippen LogP contribution >= 0.6 is 0 Å². The van der Waals surface area contributed by atoms with Gasteiger partial charge in [-0.2, -0.15) is 0 Å². The Hall–Kier alpha value is -2.03. The van der Waals surface area contributed by atoms with Gasteiger partial charge in [-0.3, -0.25) is 4.79 Å². The standard InChI is InChI=1S/C11H9NO2/c13-8-12-10-4-1-3-9(7-10)11-5-2-6-14-11/h1-8H,(H,12,13). The normalized spacial score (nSPS) is 9.71. The fourth-order valence-corrected chi connectivity index (χ4v) is 1.27. The summed E-state index contributed by atoms with van der Waals surface area (Å²) < 4.78 is 5.24. The van der Waals surface area contributed by atoms with Crippen molar-refractivity contribution in [2.75, 3.05) is 5.32 Å². The van der Waals surface area contributed by atoms with E-state index in [-0.39, 0.29) is 0 Å². The predicted octanol–water partition coefficient (Wildman–Crippen LogP) is 2.51. The van der Waals surface area contributed by atoms with Gasteiger partial charge in [0.1, 0.15) is 5.76 Å². The van der Waals surface area contributed by atoms with Gasteiger partial charge in [-0.1, -0.05) is 12.1 Å². The predicted molar refractivity (Wildman–Crippen MR) is 53.8 cm³/mol. The Balaban J connectivity index is 2.35. The number of amides is 1. The van der Waals surface area contributed by atoms with Crippen molar-refractivity contribution in [2.45, 2.75) is 0 Å². The highest BCUT2D eigenvalue weighted by Crippen LogP contribution is 2.22. The summed E-state index contributed by atoms with van der Waals surface area (Å²) in [6.45, 7) is 0. The van der Waals surface area contributed by atoms with Crippen molar-refractivity contribution in [1.82, 2.24) is 0 Å². The van der Waals surface area contributed by atoms with Gasteiger partial charge in [-0.05, 0) is 24.3 Å². The van der Waals surface area contributed by atoms with Crippen LogP contribution in [0.25, 0.3) is 11.3 Å². The molecule has 0 bridgehead atoms. The molecule has 0 fully saturated rings. The summed E-state index contributed by atoms with van der Waals surface area (Å²) in [6, 6.07) is 11.2. The second kappa shape index (κ2) is 3.79. The summed E-state index contributed by atoms with van der Waals surface area (Å²) >= 11 is 0. The minimum absolute atomic E-state index is 0.654. The van der Waals surface area contributed by atoms with Gasteiger partial charge in [-0.25, -0.2) is 0 Å². The van der Waals surface area contributed by atoms with E-state index < -0.39 is 0 Å². The lowest BCUT2D eigenvalue weighted by atomic mass is 10.1. The van der Waals surface area contributed by atoms with Gasteiger partial charge in [0.15, 0.2) is 0 Å². The number of nitrogens with one attached hydrogen (secondary N) is 1. The second-order valence-electron chi connectivity index (χ2n) is 2.82. The molecule has 3 heteroatoms. The van der Waals surface area contributed by atoms with Crippen LogP contribution in [0.5, 0.6) is 0 Å². The number of hydrogen-bond acceptors (Lipinski definition) is 2. The molecule has 0 saturated heterocycles. The summed E-state index contributed by atoms with van der Waals surface area (Å²) in [5, 5.41) is 2.59. The third kappa shape index (κ3) is 1.66. The lowest BCUT2D eigenvalue weighted by molar-refractivity contribution is -0.105. The maximum absolute atomic E-state index is 10.2. The first-order valence-corrected chi connectivity index (χ1v) is 4.24. The van der Waals surface area contributed by atoms with Crippen LogP contribution < -0.4 is 5.32 Å². The van der Waals surface area contributed by atoms with Crippen LogP contribution in [0.3, 0.4) is 0 Å². The Morgan fingerprint density at radius 1 is 1.21 bits per heavy atom. The Kier molecular flexibility index (Phi) is 2.32. The molecule has 1 aromatic heterocycles. The van der Waals surface area contributed by atoms with Gasteiger partial charge in [0, 0.05) is 11.3 Å². The lowest BCUT2D eigenvalue weighted by Gasteiger charge is -2.00. The lowest BCUT2D eigenvalue weighted by Crippen LogP contribution is -1.92. The van der Waals surface area contributed by atoms with E-state index in [0.29, 0.717) is 6.41 Å². The van der Waals surface area contributed by atoms with Gasteiger partial charge < -0.3 is 9.73 Å². The molecule has 0 aliphatic heterocycles. The molecular formula is C11H9NO2. The molecule has 0 aliphatic carbocycles. The van der Waals surface area contributed by atoms with Crippen molar-refractivity contribution in [3.05, 3.63) is 42.7 Å². The van der Waals surface area contributed by atoms with Gasteiger partial charge in [-0.15, -0.1) is 0 Å². The smallest absolute Gasteiger partial charge is 0.211 e. The van der Waals surface area contributed by atoms with E-state index >= 15 is 0 Å². The molecule has 1 aromatic carbocycles. The van der Waals surface area contributed by atoms with Crippen LogP contribution in [0.4, 0.5) is 5.69 Å². The first-order chi connectivity index (χ1) is 6.90. The maximum Gasteiger partial charge on any atom is 0.211 e. The van der Waals surface area contributed by atoms with Crippen LogP contribution in [0.2, 0.25) is 0 Å². The average Bonchev–Trinajstić information content (AvgIpc) is 2.71. The number of furan rings is 1. The summed E-state index contributed by atoms with van der Waals surface area (Å²) in [7, 11) is 0. The molecule has 1 heterocycles. The molecule has 0 radical (unpaired) electrons. The first kappa shape index (κ1) is 8.56. The molecule has 2 rings (SSSR count). The van der Waals surface area contributed by atoms with E-state index in [1.165, 1.54) is 0 Å².